The van der Waals surface area contributed by atoms with E-state index in [-0.39, 0.29) is 0 Å². The number of rotatable bonds is 3. The lowest BCUT2D eigenvalue weighted by atomic mass is 9.95. The van der Waals surface area contributed by atoms with Crippen molar-refractivity contribution < 1.29 is 23.1 Å². The van der Waals surface area contributed by atoms with Gasteiger partial charge in [-0.3, -0.25) is 4.79 Å². The molecule has 0 fully saturated rings. The molecule has 0 aliphatic heterocycles. The van der Waals surface area contributed by atoms with E-state index < -0.39 is 41.3 Å². The van der Waals surface area contributed by atoms with E-state index >= 15 is 0 Å². The number of halogens is 3. The molecule has 5 heteroatoms. The van der Waals surface area contributed by atoms with Crippen LogP contribution in [0.5, 0.6) is 0 Å². The van der Waals surface area contributed by atoms with E-state index in [1.165, 1.54) is 0 Å². The highest BCUT2D eigenvalue weighted by atomic mass is 19.2. The van der Waals surface area contributed by atoms with Crippen molar-refractivity contribution in [3.63, 3.8) is 0 Å². The molecule has 0 heterocycles. The first-order valence-corrected chi connectivity index (χ1v) is 4.23. The molecule has 0 bridgehead atoms. The monoisotopic (exact) mass is 218 g/mol. The number of benzene rings is 1. The number of hydrogen-bond acceptors (Lipinski definition) is 2. The second kappa shape index (κ2) is 4.44. The second-order valence-corrected chi connectivity index (χ2v) is 3.14. The minimum Gasteiger partial charge on any atom is -0.395 e. The van der Waals surface area contributed by atoms with Crippen LogP contribution in [0.4, 0.5) is 13.2 Å². The number of aliphatic hydroxyl groups excluding tert-OH is 1. The third-order valence-corrected chi connectivity index (χ3v) is 2.07. The Labute approximate surface area is 84.3 Å². The lowest BCUT2D eigenvalue weighted by Gasteiger charge is -2.12. The molecule has 0 aromatic heterocycles. The third-order valence-electron chi connectivity index (χ3n) is 2.07. The highest BCUT2D eigenvalue weighted by Crippen LogP contribution is 2.23. The summed E-state index contributed by atoms with van der Waals surface area (Å²) in [6.07, 6.45) is 0. The summed E-state index contributed by atoms with van der Waals surface area (Å²) < 4.78 is 38.7. The normalized spacial score (nSPS) is 12.6. The Morgan fingerprint density at radius 2 is 2.00 bits per heavy atom. The minimum absolute atomic E-state index is 0.382. The molecule has 2 nitrogen and oxygen atoms in total. The van der Waals surface area contributed by atoms with Crippen LogP contribution in [0.15, 0.2) is 12.1 Å². The highest BCUT2D eigenvalue weighted by Gasteiger charge is 2.22. The molecule has 15 heavy (non-hydrogen) atoms. The van der Waals surface area contributed by atoms with Gasteiger partial charge < -0.3 is 5.11 Å². The lowest BCUT2D eigenvalue weighted by molar-refractivity contribution is -0.119. The van der Waals surface area contributed by atoms with Gasteiger partial charge in [0.05, 0.1) is 12.5 Å². The number of ketones is 1. The van der Waals surface area contributed by atoms with E-state index in [1.54, 1.807) is 0 Å². The molecule has 0 aliphatic carbocycles. The van der Waals surface area contributed by atoms with E-state index in [9.17, 15) is 18.0 Å². The van der Waals surface area contributed by atoms with Crippen LogP contribution in [-0.4, -0.2) is 17.5 Å². The fourth-order valence-electron chi connectivity index (χ4n) is 1.28. The molecule has 1 unspecified atom stereocenters. The zero-order valence-corrected chi connectivity index (χ0v) is 7.93. The van der Waals surface area contributed by atoms with Gasteiger partial charge in [-0.2, -0.15) is 0 Å². The summed E-state index contributed by atoms with van der Waals surface area (Å²) in [4.78, 5) is 11.0. The number of hydrogen-bond donors (Lipinski definition) is 1. The van der Waals surface area contributed by atoms with E-state index in [0.717, 1.165) is 6.92 Å². The average molecular weight is 218 g/mol. The Hall–Kier alpha value is -1.36. The molecular formula is C10H9F3O2. The fourth-order valence-corrected chi connectivity index (χ4v) is 1.28. The van der Waals surface area contributed by atoms with Crippen LogP contribution >= 0.6 is 0 Å². The van der Waals surface area contributed by atoms with E-state index in [1.807, 2.05) is 0 Å². The van der Waals surface area contributed by atoms with E-state index in [2.05, 4.69) is 0 Å². The molecule has 0 spiro atoms. The zero-order chi connectivity index (χ0) is 11.6. The average Bonchev–Trinajstić information content (AvgIpc) is 2.13. The summed E-state index contributed by atoms with van der Waals surface area (Å²) in [7, 11) is 0. The minimum atomic E-state index is -1.37. The highest BCUT2D eigenvalue weighted by molar-refractivity contribution is 5.83. The lowest BCUT2D eigenvalue weighted by Crippen LogP contribution is -2.16. The molecule has 0 aliphatic rings. The maximum Gasteiger partial charge on any atom is 0.163 e. The maximum atomic E-state index is 13.2. The van der Waals surface area contributed by atoms with Crippen LogP contribution < -0.4 is 0 Å². The molecule has 0 amide bonds. The quantitative estimate of drug-likeness (QED) is 0.785. The second-order valence-electron chi connectivity index (χ2n) is 3.14. The van der Waals surface area contributed by atoms with Gasteiger partial charge in [0, 0.05) is 11.6 Å². The molecule has 1 aromatic carbocycles. The first kappa shape index (κ1) is 11.7. The van der Waals surface area contributed by atoms with E-state index in [0.29, 0.717) is 12.1 Å². The van der Waals surface area contributed by atoms with Crippen LogP contribution in [-0.2, 0) is 4.79 Å². The Bertz CT molecular complexity index is 390. The van der Waals surface area contributed by atoms with Crippen molar-refractivity contribution in [3.05, 3.63) is 35.1 Å². The topological polar surface area (TPSA) is 37.3 Å². The molecule has 0 radical (unpaired) electrons. The van der Waals surface area contributed by atoms with Crippen LogP contribution in [0.25, 0.3) is 0 Å². The fraction of sp³-hybridized carbons (Fsp3) is 0.300. The van der Waals surface area contributed by atoms with Crippen LogP contribution in [0.2, 0.25) is 0 Å². The molecule has 1 N–H and O–H groups in total. The van der Waals surface area contributed by atoms with Crippen LogP contribution in [0.3, 0.4) is 0 Å². The molecule has 0 saturated heterocycles. The van der Waals surface area contributed by atoms with Gasteiger partial charge in [0.15, 0.2) is 11.6 Å². The van der Waals surface area contributed by atoms with Gasteiger partial charge in [-0.25, -0.2) is 13.2 Å². The SMILES string of the molecule is CC(=O)C(CO)c1cc(F)cc(F)c1F. The summed E-state index contributed by atoms with van der Waals surface area (Å²) >= 11 is 0. The van der Waals surface area contributed by atoms with Gasteiger partial charge in [-0.15, -0.1) is 0 Å². The Kier molecular flexibility index (Phi) is 3.47. The molecule has 1 atom stereocenters. The number of aliphatic hydroxyl groups is 1. The molecule has 1 aromatic rings. The van der Waals surface area contributed by atoms with Crippen molar-refractivity contribution in [1.29, 1.82) is 0 Å². The summed E-state index contributed by atoms with van der Waals surface area (Å²) in [5, 5.41) is 8.82. The van der Waals surface area contributed by atoms with Gasteiger partial charge >= 0.3 is 0 Å². The summed E-state index contributed by atoms with van der Waals surface area (Å²) in [6.45, 7) is 0.429. The summed E-state index contributed by atoms with van der Waals surface area (Å²) in [6, 6.07) is 1.09. The molecule has 0 saturated carbocycles. The van der Waals surface area contributed by atoms with Crippen LogP contribution in [0.1, 0.15) is 18.4 Å². The van der Waals surface area contributed by atoms with Crippen molar-refractivity contribution in [2.75, 3.05) is 6.61 Å². The first-order valence-electron chi connectivity index (χ1n) is 4.23. The molecule has 82 valence electrons. The number of carbonyl (C=O) groups excluding carboxylic acids is 1. The van der Waals surface area contributed by atoms with Crippen molar-refractivity contribution in [3.8, 4) is 0 Å². The van der Waals surface area contributed by atoms with Crippen molar-refractivity contribution in [2.24, 2.45) is 0 Å². The van der Waals surface area contributed by atoms with Crippen molar-refractivity contribution in [2.45, 2.75) is 12.8 Å². The summed E-state index contributed by atoms with van der Waals surface area (Å²) in [5.41, 5.74) is -0.456. The molecule has 1 rings (SSSR count). The largest absolute Gasteiger partial charge is 0.395 e. The van der Waals surface area contributed by atoms with Crippen molar-refractivity contribution in [1.82, 2.24) is 0 Å². The predicted octanol–water partition coefficient (Wildman–Crippen LogP) is 1.77. The molecular weight excluding hydrogens is 209 g/mol. The van der Waals surface area contributed by atoms with E-state index in [4.69, 9.17) is 5.11 Å². The standard InChI is InChI=1S/C10H9F3O2/c1-5(15)8(4-14)7-2-6(11)3-9(12)10(7)13/h2-3,8,14H,4H2,1H3. The zero-order valence-electron chi connectivity index (χ0n) is 7.93. The Balaban J connectivity index is 3.28. The van der Waals surface area contributed by atoms with Gasteiger partial charge in [-0.05, 0) is 13.0 Å². The van der Waals surface area contributed by atoms with Gasteiger partial charge in [0.1, 0.15) is 11.6 Å². The van der Waals surface area contributed by atoms with Gasteiger partial charge in [-0.1, -0.05) is 0 Å². The smallest absolute Gasteiger partial charge is 0.163 e. The first-order chi connectivity index (χ1) is 6.97. The van der Waals surface area contributed by atoms with Gasteiger partial charge in [0.2, 0.25) is 0 Å². The number of Topliss-reactive ketones (excluding diaryl/α,β-unsaturated/α-hetero) is 1. The summed E-state index contributed by atoms with van der Waals surface area (Å²) in [5.74, 6) is -5.43. The van der Waals surface area contributed by atoms with Crippen LogP contribution in [0, 0.1) is 17.5 Å². The van der Waals surface area contributed by atoms with Crippen molar-refractivity contribution >= 4 is 5.78 Å². The Morgan fingerprint density at radius 1 is 1.40 bits per heavy atom. The predicted molar refractivity (Wildman–Crippen MR) is 46.8 cm³/mol. The number of carbonyl (C=O) groups is 1. The maximum absolute atomic E-state index is 13.2. The third kappa shape index (κ3) is 2.36. The Morgan fingerprint density at radius 3 is 2.47 bits per heavy atom. The van der Waals surface area contributed by atoms with Gasteiger partial charge in [0.25, 0.3) is 0 Å².